The van der Waals surface area contributed by atoms with Crippen molar-refractivity contribution in [1.82, 2.24) is 10.2 Å². The number of halogens is 1. The normalized spacial score (nSPS) is 13.1. The molecule has 2 rings (SSSR count). The Morgan fingerprint density at radius 3 is 2.35 bits per heavy atom. The summed E-state index contributed by atoms with van der Waals surface area (Å²) in [4.78, 5) is 27.9. The molecular weight excluding hydrogens is 474 g/mol. The smallest absolute Gasteiger partial charge is 0.244 e. The van der Waals surface area contributed by atoms with Crippen molar-refractivity contribution in [2.45, 2.75) is 59.7 Å². The second-order valence-electron chi connectivity index (χ2n) is 8.70. The summed E-state index contributed by atoms with van der Waals surface area (Å²) in [5.41, 5.74) is 2.78. The summed E-state index contributed by atoms with van der Waals surface area (Å²) < 4.78 is 26.5. The third kappa shape index (κ3) is 7.46. The molecule has 0 aliphatic rings. The highest BCUT2D eigenvalue weighted by Crippen LogP contribution is 2.25. The first-order chi connectivity index (χ1) is 15.8. The van der Waals surface area contributed by atoms with E-state index in [2.05, 4.69) is 5.32 Å². The third-order valence-electron chi connectivity index (χ3n) is 5.72. The SMILES string of the molecule is CC[C@H](C)NC(=O)[C@@H](C)N(Cc1cccc(Cl)c1)C(=O)CN(c1cc(C)ccc1C)S(C)(=O)=O. The number of carbonyl (C=O) groups excluding carboxylic acids is 2. The van der Waals surface area contributed by atoms with Crippen LogP contribution in [0.15, 0.2) is 42.5 Å². The Kier molecular flexibility index (Phi) is 9.53. The van der Waals surface area contributed by atoms with Gasteiger partial charge in [0.05, 0.1) is 11.9 Å². The molecule has 186 valence electrons. The van der Waals surface area contributed by atoms with Crippen LogP contribution >= 0.6 is 11.6 Å². The van der Waals surface area contributed by atoms with Crippen LogP contribution in [-0.4, -0.2) is 50.0 Å². The van der Waals surface area contributed by atoms with E-state index in [-0.39, 0.29) is 18.5 Å². The molecule has 0 heterocycles. The molecule has 0 saturated carbocycles. The third-order valence-corrected chi connectivity index (χ3v) is 7.08. The number of nitrogens with zero attached hydrogens (tertiary/aromatic N) is 2. The number of aryl methyl sites for hydroxylation is 2. The van der Waals surface area contributed by atoms with Gasteiger partial charge in [0, 0.05) is 17.6 Å². The van der Waals surface area contributed by atoms with Crippen molar-refractivity contribution in [3.05, 3.63) is 64.2 Å². The Labute approximate surface area is 208 Å². The second-order valence-corrected chi connectivity index (χ2v) is 11.0. The van der Waals surface area contributed by atoms with E-state index >= 15 is 0 Å². The Balaban J connectivity index is 2.43. The van der Waals surface area contributed by atoms with E-state index in [0.29, 0.717) is 10.7 Å². The van der Waals surface area contributed by atoms with E-state index in [9.17, 15) is 18.0 Å². The lowest BCUT2D eigenvalue weighted by molar-refractivity contribution is -0.139. The molecule has 7 nitrogen and oxygen atoms in total. The highest BCUT2D eigenvalue weighted by molar-refractivity contribution is 7.92. The van der Waals surface area contributed by atoms with E-state index in [4.69, 9.17) is 11.6 Å². The summed E-state index contributed by atoms with van der Waals surface area (Å²) >= 11 is 6.12. The van der Waals surface area contributed by atoms with Gasteiger partial charge in [-0.25, -0.2) is 8.42 Å². The molecule has 0 saturated heterocycles. The number of hydrogen-bond acceptors (Lipinski definition) is 4. The summed E-state index contributed by atoms with van der Waals surface area (Å²) in [6.45, 7) is 8.83. The Hall–Kier alpha value is -2.58. The van der Waals surface area contributed by atoms with Crippen LogP contribution in [0.3, 0.4) is 0 Å². The zero-order chi connectivity index (χ0) is 25.6. The summed E-state index contributed by atoms with van der Waals surface area (Å²) in [6.07, 6.45) is 1.82. The van der Waals surface area contributed by atoms with Gasteiger partial charge in [0.15, 0.2) is 0 Å². The van der Waals surface area contributed by atoms with Gasteiger partial charge < -0.3 is 10.2 Å². The molecule has 2 aromatic carbocycles. The van der Waals surface area contributed by atoms with Gasteiger partial charge in [0.1, 0.15) is 12.6 Å². The zero-order valence-corrected chi connectivity index (χ0v) is 22.2. The molecule has 0 fully saturated rings. The molecular formula is C25H34ClN3O4S. The van der Waals surface area contributed by atoms with Crippen LogP contribution in [0, 0.1) is 13.8 Å². The van der Waals surface area contributed by atoms with Crippen LogP contribution in [0.4, 0.5) is 5.69 Å². The predicted octanol–water partition coefficient (Wildman–Crippen LogP) is 4.05. The maximum atomic E-state index is 13.6. The molecule has 0 spiro atoms. The molecule has 0 aromatic heterocycles. The molecule has 34 heavy (non-hydrogen) atoms. The first-order valence-electron chi connectivity index (χ1n) is 11.2. The highest BCUT2D eigenvalue weighted by atomic mass is 35.5. The van der Waals surface area contributed by atoms with Crippen LogP contribution in [-0.2, 0) is 26.2 Å². The average molecular weight is 508 g/mol. The molecule has 0 aliphatic carbocycles. The van der Waals surface area contributed by atoms with Crippen molar-refractivity contribution in [2.24, 2.45) is 0 Å². The van der Waals surface area contributed by atoms with Crippen molar-refractivity contribution < 1.29 is 18.0 Å². The topological polar surface area (TPSA) is 86.8 Å². The lowest BCUT2D eigenvalue weighted by Crippen LogP contribution is -2.52. The number of sulfonamides is 1. The lowest BCUT2D eigenvalue weighted by Gasteiger charge is -2.32. The quantitative estimate of drug-likeness (QED) is 0.525. The number of anilines is 1. The van der Waals surface area contributed by atoms with Crippen molar-refractivity contribution in [3.8, 4) is 0 Å². The molecule has 1 N–H and O–H groups in total. The standard InChI is InChI=1S/C25H34ClN3O4S/c1-7-19(4)27-25(31)20(5)28(15-21-9-8-10-22(26)14-21)24(30)16-29(34(6,32)33)23-13-17(2)11-12-18(23)3/h8-14,19-20H,7,15-16H2,1-6H3,(H,27,31)/t19-,20+/m0/s1. The maximum absolute atomic E-state index is 13.6. The van der Waals surface area contributed by atoms with Gasteiger partial charge in [0.25, 0.3) is 0 Å². The second kappa shape index (κ2) is 11.7. The summed E-state index contributed by atoms with van der Waals surface area (Å²) in [7, 11) is -3.77. The summed E-state index contributed by atoms with van der Waals surface area (Å²) in [5.74, 6) is -0.791. The molecule has 2 atom stereocenters. The fourth-order valence-electron chi connectivity index (χ4n) is 3.46. The molecule has 9 heteroatoms. The Morgan fingerprint density at radius 2 is 1.76 bits per heavy atom. The van der Waals surface area contributed by atoms with Gasteiger partial charge >= 0.3 is 0 Å². The van der Waals surface area contributed by atoms with E-state index in [1.807, 2.05) is 39.0 Å². The van der Waals surface area contributed by atoms with Gasteiger partial charge in [0.2, 0.25) is 21.8 Å². The number of amides is 2. The van der Waals surface area contributed by atoms with Gasteiger partial charge in [-0.05, 0) is 69.0 Å². The fourth-order valence-corrected chi connectivity index (χ4v) is 4.57. The van der Waals surface area contributed by atoms with E-state index < -0.39 is 28.5 Å². The van der Waals surface area contributed by atoms with Crippen LogP contribution in [0.5, 0.6) is 0 Å². The monoisotopic (exact) mass is 507 g/mol. The lowest BCUT2D eigenvalue weighted by atomic mass is 10.1. The molecule has 2 amide bonds. The zero-order valence-electron chi connectivity index (χ0n) is 20.6. The van der Waals surface area contributed by atoms with Gasteiger partial charge in [-0.1, -0.05) is 42.8 Å². The number of benzene rings is 2. The number of carbonyl (C=O) groups is 2. The first-order valence-corrected chi connectivity index (χ1v) is 13.4. The van der Waals surface area contributed by atoms with Crippen molar-refractivity contribution in [3.63, 3.8) is 0 Å². The number of rotatable bonds is 10. The van der Waals surface area contributed by atoms with E-state index in [1.165, 1.54) is 4.90 Å². The summed E-state index contributed by atoms with van der Waals surface area (Å²) in [5, 5.41) is 3.41. The van der Waals surface area contributed by atoms with Gasteiger partial charge in [-0.2, -0.15) is 0 Å². The highest BCUT2D eigenvalue weighted by Gasteiger charge is 2.31. The maximum Gasteiger partial charge on any atom is 0.244 e. The number of hydrogen-bond donors (Lipinski definition) is 1. The molecule has 2 aromatic rings. The molecule has 0 aliphatic heterocycles. The van der Waals surface area contributed by atoms with Gasteiger partial charge in [-0.3, -0.25) is 13.9 Å². The summed E-state index contributed by atoms with van der Waals surface area (Å²) in [6, 6.07) is 11.6. The minimum Gasteiger partial charge on any atom is -0.352 e. The average Bonchev–Trinajstić information content (AvgIpc) is 2.76. The Bertz CT molecular complexity index is 1140. The number of nitrogens with one attached hydrogen (secondary N) is 1. The minimum absolute atomic E-state index is 0.0551. The van der Waals surface area contributed by atoms with E-state index in [1.54, 1.807) is 38.1 Å². The molecule has 0 bridgehead atoms. The van der Waals surface area contributed by atoms with Crippen LogP contribution in [0.25, 0.3) is 0 Å². The largest absolute Gasteiger partial charge is 0.352 e. The van der Waals surface area contributed by atoms with Crippen LogP contribution in [0.1, 0.15) is 43.9 Å². The van der Waals surface area contributed by atoms with Gasteiger partial charge in [-0.15, -0.1) is 0 Å². The first kappa shape index (κ1) is 27.7. The van der Waals surface area contributed by atoms with Crippen LogP contribution < -0.4 is 9.62 Å². The van der Waals surface area contributed by atoms with Crippen molar-refractivity contribution >= 4 is 39.1 Å². The molecule has 0 unspecified atom stereocenters. The molecule has 0 radical (unpaired) electrons. The minimum atomic E-state index is -3.77. The van der Waals surface area contributed by atoms with Crippen LogP contribution in [0.2, 0.25) is 5.02 Å². The van der Waals surface area contributed by atoms with E-state index in [0.717, 1.165) is 33.7 Å². The predicted molar refractivity (Wildman–Crippen MR) is 137 cm³/mol. The Morgan fingerprint density at radius 1 is 1.09 bits per heavy atom. The van der Waals surface area contributed by atoms with Crippen molar-refractivity contribution in [2.75, 3.05) is 17.1 Å². The van der Waals surface area contributed by atoms with Crippen molar-refractivity contribution in [1.29, 1.82) is 0 Å². The fraction of sp³-hybridized carbons (Fsp3) is 0.440.